The first kappa shape index (κ1) is 14.8. The summed E-state index contributed by atoms with van der Waals surface area (Å²) in [5, 5.41) is 9.73. The minimum absolute atomic E-state index is 0.130. The van der Waals surface area contributed by atoms with Crippen molar-refractivity contribution in [1.29, 1.82) is 0 Å². The Balaban J connectivity index is 2.41. The molecule has 0 fully saturated rings. The molecule has 0 saturated carbocycles. The second kappa shape index (κ2) is 6.69. The number of hydrogen-bond acceptors (Lipinski definition) is 3. The molecule has 2 N–H and O–H groups in total. The topological polar surface area (TPSA) is 76.0 Å². The van der Waals surface area contributed by atoms with Gasteiger partial charge in [0.15, 0.2) is 5.69 Å². The second-order valence-corrected chi connectivity index (χ2v) is 4.42. The first-order valence-electron chi connectivity index (χ1n) is 6.89. The number of anilines is 1. The van der Waals surface area contributed by atoms with E-state index in [0.717, 1.165) is 5.69 Å². The third-order valence-corrected chi connectivity index (χ3v) is 2.87. The van der Waals surface area contributed by atoms with Crippen LogP contribution in [0.3, 0.4) is 0 Å². The Bertz CT molecular complexity index is 634. The summed E-state index contributed by atoms with van der Waals surface area (Å²) in [6, 6.07) is 10.9. The number of rotatable bonds is 5. The quantitative estimate of drug-likeness (QED) is 0.882. The molecule has 0 spiro atoms. The van der Waals surface area contributed by atoms with E-state index in [9.17, 15) is 9.59 Å². The van der Waals surface area contributed by atoms with Gasteiger partial charge in [-0.05, 0) is 19.1 Å². The summed E-state index contributed by atoms with van der Waals surface area (Å²) in [4.78, 5) is 23.5. The third kappa shape index (κ3) is 3.47. The van der Waals surface area contributed by atoms with Crippen LogP contribution in [0.15, 0.2) is 36.4 Å². The maximum Gasteiger partial charge on any atom is 0.271 e. The van der Waals surface area contributed by atoms with Crippen LogP contribution < -0.4 is 10.6 Å². The van der Waals surface area contributed by atoms with Crippen molar-refractivity contribution < 1.29 is 9.59 Å². The van der Waals surface area contributed by atoms with Crippen molar-refractivity contribution in [2.24, 2.45) is 0 Å². The van der Waals surface area contributed by atoms with Gasteiger partial charge < -0.3 is 10.6 Å². The smallest absolute Gasteiger partial charge is 0.271 e. The van der Waals surface area contributed by atoms with E-state index in [-0.39, 0.29) is 17.5 Å². The lowest BCUT2D eigenvalue weighted by Crippen LogP contribution is -2.23. The number of benzene rings is 1. The van der Waals surface area contributed by atoms with Crippen LogP contribution in [0.2, 0.25) is 0 Å². The molecule has 1 heterocycles. The van der Waals surface area contributed by atoms with Gasteiger partial charge in [0.05, 0.1) is 5.69 Å². The predicted molar refractivity (Wildman–Crippen MR) is 80.5 cm³/mol. The van der Waals surface area contributed by atoms with Crippen LogP contribution in [0.5, 0.6) is 0 Å². The molecule has 21 heavy (non-hydrogen) atoms. The summed E-state index contributed by atoms with van der Waals surface area (Å²) >= 11 is 0. The Labute approximate surface area is 123 Å². The van der Waals surface area contributed by atoms with Crippen molar-refractivity contribution >= 4 is 17.6 Å². The highest BCUT2D eigenvalue weighted by molar-refractivity contribution is 5.95. The van der Waals surface area contributed by atoms with E-state index in [1.165, 1.54) is 0 Å². The van der Waals surface area contributed by atoms with Crippen molar-refractivity contribution in [2.75, 3.05) is 11.9 Å². The molecule has 1 aromatic heterocycles. The van der Waals surface area contributed by atoms with Crippen LogP contribution >= 0.6 is 0 Å². The molecule has 2 aromatic rings. The lowest BCUT2D eigenvalue weighted by atomic mass is 10.3. The van der Waals surface area contributed by atoms with E-state index in [4.69, 9.17) is 0 Å². The van der Waals surface area contributed by atoms with Gasteiger partial charge in [0, 0.05) is 19.0 Å². The van der Waals surface area contributed by atoms with Gasteiger partial charge in [0.2, 0.25) is 5.91 Å². The van der Waals surface area contributed by atoms with Crippen LogP contribution in [-0.2, 0) is 4.79 Å². The summed E-state index contributed by atoms with van der Waals surface area (Å²) in [6.45, 7) is 4.13. The Morgan fingerprint density at radius 3 is 2.52 bits per heavy atom. The average Bonchev–Trinajstić information content (AvgIpc) is 2.92. The lowest BCUT2D eigenvalue weighted by Gasteiger charge is -2.07. The molecule has 0 atom stereocenters. The number of para-hydroxylation sites is 1. The molecular weight excluding hydrogens is 268 g/mol. The number of aromatic nitrogens is 2. The van der Waals surface area contributed by atoms with Gasteiger partial charge in [0.1, 0.15) is 5.82 Å². The number of nitrogens with one attached hydrogen (secondary N) is 2. The average molecular weight is 286 g/mol. The van der Waals surface area contributed by atoms with Crippen molar-refractivity contribution in [3.8, 4) is 5.69 Å². The zero-order valence-corrected chi connectivity index (χ0v) is 12.1. The van der Waals surface area contributed by atoms with Crippen molar-refractivity contribution in [1.82, 2.24) is 15.1 Å². The summed E-state index contributed by atoms with van der Waals surface area (Å²) in [6.07, 6.45) is 0.358. The monoisotopic (exact) mass is 286 g/mol. The van der Waals surface area contributed by atoms with Gasteiger partial charge in [-0.3, -0.25) is 9.59 Å². The molecule has 0 aliphatic rings. The maximum absolute atomic E-state index is 11.9. The number of carbonyl (C=O) groups excluding carboxylic acids is 2. The van der Waals surface area contributed by atoms with Crippen LogP contribution in [0, 0.1) is 0 Å². The normalized spacial score (nSPS) is 10.2. The first-order chi connectivity index (χ1) is 10.2. The molecule has 6 nitrogen and oxygen atoms in total. The van der Waals surface area contributed by atoms with Gasteiger partial charge in [-0.15, -0.1) is 0 Å². The zero-order valence-electron chi connectivity index (χ0n) is 12.1. The molecule has 0 unspecified atom stereocenters. The third-order valence-electron chi connectivity index (χ3n) is 2.87. The van der Waals surface area contributed by atoms with E-state index in [0.29, 0.717) is 18.8 Å². The molecule has 0 saturated heterocycles. The number of amides is 2. The lowest BCUT2D eigenvalue weighted by molar-refractivity contribution is -0.115. The summed E-state index contributed by atoms with van der Waals surface area (Å²) in [5.41, 5.74) is 1.05. The highest BCUT2D eigenvalue weighted by Gasteiger charge is 2.16. The SMILES string of the molecule is CCNC(=O)c1cc(NC(=O)CC)n(-c2ccccc2)n1. The van der Waals surface area contributed by atoms with E-state index in [1.807, 2.05) is 37.3 Å². The second-order valence-electron chi connectivity index (χ2n) is 4.42. The van der Waals surface area contributed by atoms with Crippen LogP contribution in [-0.4, -0.2) is 28.1 Å². The molecular formula is C15H18N4O2. The molecule has 0 bridgehead atoms. The predicted octanol–water partition coefficient (Wildman–Crippen LogP) is 1.97. The highest BCUT2D eigenvalue weighted by Crippen LogP contribution is 2.17. The maximum atomic E-state index is 11.9. The molecule has 1 aromatic carbocycles. The first-order valence-corrected chi connectivity index (χ1v) is 6.89. The van der Waals surface area contributed by atoms with Crippen molar-refractivity contribution in [2.45, 2.75) is 20.3 Å². The highest BCUT2D eigenvalue weighted by atomic mass is 16.2. The molecule has 6 heteroatoms. The van der Waals surface area contributed by atoms with Crippen LogP contribution in [0.1, 0.15) is 30.8 Å². The summed E-state index contributed by atoms with van der Waals surface area (Å²) in [7, 11) is 0. The van der Waals surface area contributed by atoms with Crippen molar-refractivity contribution in [3.05, 3.63) is 42.1 Å². The number of nitrogens with zero attached hydrogens (tertiary/aromatic N) is 2. The summed E-state index contributed by atoms with van der Waals surface area (Å²) < 4.78 is 1.55. The van der Waals surface area contributed by atoms with Gasteiger partial charge in [-0.2, -0.15) is 5.10 Å². The van der Waals surface area contributed by atoms with E-state index < -0.39 is 0 Å². The van der Waals surface area contributed by atoms with Gasteiger partial charge in [-0.1, -0.05) is 25.1 Å². The van der Waals surface area contributed by atoms with Crippen LogP contribution in [0.25, 0.3) is 5.69 Å². The molecule has 0 aliphatic carbocycles. The molecule has 2 rings (SSSR count). The Hall–Kier alpha value is -2.63. The van der Waals surface area contributed by atoms with Gasteiger partial charge in [0.25, 0.3) is 5.91 Å². The number of hydrogen-bond donors (Lipinski definition) is 2. The minimum atomic E-state index is -0.265. The Morgan fingerprint density at radius 1 is 1.19 bits per heavy atom. The summed E-state index contributed by atoms with van der Waals surface area (Å²) in [5.74, 6) is 0.0861. The van der Waals surface area contributed by atoms with Gasteiger partial charge in [-0.25, -0.2) is 4.68 Å². The molecule has 0 radical (unpaired) electrons. The van der Waals surface area contributed by atoms with E-state index in [2.05, 4.69) is 15.7 Å². The Morgan fingerprint density at radius 2 is 1.90 bits per heavy atom. The van der Waals surface area contributed by atoms with Gasteiger partial charge >= 0.3 is 0 Å². The van der Waals surface area contributed by atoms with Crippen molar-refractivity contribution in [3.63, 3.8) is 0 Å². The molecule has 0 aliphatic heterocycles. The zero-order chi connectivity index (χ0) is 15.2. The fourth-order valence-electron chi connectivity index (χ4n) is 1.83. The van der Waals surface area contributed by atoms with E-state index in [1.54, 1.807) is 17.7 Å². The Kier molecular flexibility index (Phi) is 4.71. The molecule has 110 valence electrons. The standard InChI is InChI=1S/C15H18N4O2/c1-3-14(20)17-13-10-12(15(21)16-4-2)18-19(13)11-8-6-5-7-9-11/h5-10H,3-4H2,1-2H3,(H,16,21)(H,17,20). The fourth-order valence-corrected chi connectivity index (χ4v) is 1.83. The molecule has 2 amide bonds. The van der Waals surface area contributed by atoms with E-state index >= 15 is 0 Å². The largest absolute Gasteiger partial charge is 0.351 e. The fraction of sp³-hybridized carbons (Fsp3) is 0.267. The minimum Gasteiger partial charge on any atom is -0.351 e. The van der Waals surface area contributed by atoms with Crippen LogP contribution in [0.4, 0.5) is 5.82 Å². The number of carbonyl (C=O) groups is 2.